The molecule has 96 valence electrons. The molecule has 17 heavy (non-hydrogen) atoms. The number of thiophene rings is 1. The van der Waals surface area contributed by atoms with Gasteiger partial charge in [0, 0.05) is 7.05 Å². The quantitative estimate of drug-likeness (QED) is 0.764. The number of hydrogen-bond donors (Lipinski definition) is 0. The second kappa shape index (κ2) is 5.94. The molecule has 0 aliphatic rings. The molecule has 0 amide bonds. The fourth-order valence-electron chi connectivity index (χ4n) is 1.06. The Labute approximate surface area is 113 Å². The van der Waals surface area contributed by atoms with Crippen molar-refractivity contribution in [3.63, 3.8) is 0 Å². The normalized spacial score (nSPS) is 11.8. The van der Waals surface area contributed by atoms with Crippen LogP contribution in [-0.2, 0) is 19.6 Å². The lowest BCUT2D eigenvalue weighted by Crippen LogP contribution is -2.32. The third kappa shape index (κ3) is 3.77. The second-order valence-electron chi connectivity index (χ2n) is 3.12. The standard InChI is InChI=1S/C9H12BrNO4S2/c1-3-15-8(12)6-11(2)17(13,14)9-5-4-7(10)16-9/h4-5H,3,6H2,1-2H3. The predicted octanol–water partition coefficient (Wildman–Crippen LogP) is 1.69. The average molecular weight is 342 g/mol. The van der Waals surface area contributed by atoms with Crippen LogP contribution < -0.4 is 0 Å². The van der Waals surface area contributed by atoms with Gasteiger partial charge in [-0.25, -0.2) is 8.42 Å². The molecule has 0 fully saturated rings. The highest BCUT2D eigenvalue weighted by Crippen LogP contribution is 2.27. The van der Waals surface area contributed by atoms with Gasteiger partial charge in [-0.1, -0.05) is 0 Å². The number of esters is 1. The van der Waals surface area contributed by atoms with Crippen molar-refractivity contribution in [3.8, 4) is 0 Å². The van der Waals surface area contributed by atoms with E-state index in [0.29, 0.717) is 0 Å². The highest BCUT2D eigenvalue weighted by atomic mass is 79.9. The van der Waals surface area contributed by atoms with E-state index in [0.717, 1.165) is 19.4 Å². The van der Waals surface area contributed by atoms with Crippen LogP contribution in [0.3, 0.4) is 0 Å². The van der Waals surface area contributed by atoms with E-state index in [1.807, 2.05) is 0 Å². The summed E-state index contributed by atoms with van der Waals surface area (Å²) >= 11 is 4.29. The molecule has 0 atom stereocenters. The summed E-state index contributed by atoms with van der Waals surface area (Å²) < 4.78 is 30.6. The van der Waals surface area contributed by atoms with Gasteiger partial charge in [-0.15, -0.1) is 11.3 Å². The lowest BCUT2D eigenvalue weighted by atomic mass is 10.6. The number of nitrogens with zero attached hydrogens (tertiary/aromatic N) is 1. The summed E-state index contributed by atoms with van der Waals surface area (Å²) in [5.41, 5.74) is 0. The number of ether oxygens (including phenoxy) is 1. The van der Waals surface area contributed by atoms with Crippen molar-refractivity contribution >= 4 is 43.3 Å². The molecule has 0 unspecified atom stereocenters. The summed E-state index contributed by atoms with van der Waals surface area (Å²) in [5, 5.41) is 0. The molecule has 0 aliphatic heterocycles. The van der Waals surface area contributed by atoms with Crippen LogP contribution in [0, 0.1) is 0 Å². The Bertz CT molecular complexity index is 497. The number of hydrogen-bond acceptors (Lipinski definition) is 5. The largest absolute Gasteiger partial charge is 0.465 e. The van der Waals surface area contributed by atoms with Crippen molar-refractivity contribution in [2.75, 3.05) is 20.2 Å². The summed E-state index contributed by atoms with van der Waals surface area (Å²) in [5.74, 6) is -0.561. The Kier molecular flexibility index (Phi) is 5.11. The molecule has 0 aliphatic carbocycles. The zero-order valence-corrected chi connectivity index (χ0v) is 12.6. The molecule has 0 saturated carbocycles. The van der Waals surface area contributed by atoms with Gasteiger partial charge in [0.25, 0.3) is 10.0 Å². The maximum atomic E-state index is 12.0. The van der Waals surface area contributed by atoms with Gasteiger partial charge in [0.2, 0.25) is 0 Å². The summed E-state index contributed by atoms with van der Waals surface area (Å²) in [4.78, 5) is 11.2. The first-order valence-electron chi connectivity index (χ1n) is 4.75. The first-order chi connectivity index (χ1) is 7.87. The maximum absolute atomic E-state index is 12.0. The first kappa shape index (κ1) is 14.6. The van der Waals surface area contributed by atoms with E-state index in [-0.39, 0.29) is 17.4 Å². The number of sulfonamides is 1. The van der Waals surface area contributed by atoms with Crippen LogP contribution in [0.1, 0.15) is 6.92 Å². The Morgan fingerprint density at radius 3 is 2.65 bits per heavy atom. The van der Waals surface area contributed by atoms with Crippen LogP contribution in [0.15, 0.2) is 20.1 Å². The van der Waals surface area contributed by atoms with Gasteiger partial charge >= 0.3 is 5.97 Å². The van der Waals surface area contributed by atoms with Gasteiger partial charge in [-0.2, -0.15) is 4.31 Å². The zero-order chi connectivity index (χ0) is 13.1. The fraction of sp³-hybridized carbons (Fsp3) is 0.444. The van der Waals surface area contributed by atoms with E-state index in [1.165, 1.54) is 13.1 Å². The fourth-order valence-corrected chi connectivity index (χ4v) is 4.40. The van der Waals surface area contributed by atoms with Crippen LogP contribution in [-0.4, -0.2) is 38.9 Å². The van der Waals surface area contributed by atoms with E-state index >= 15 is 0 Å². The predicted molar refractivity (Wildman–Crippen MR) is 68.5 cm³/mol. The van der Waals surface area contributed by atoms with Crippen LogP contribution >= 0.6 is 27.3 Å². The smallest absolute Gasteiger partial charge is 0.321 e. The molecule has 1 aromatic heterocycles. The third-order valence-corrected chi connectivity index (χ3v) is 5.76. The topological polar surface area (TPSA) is 63.7 Å². The SMILES string of the molecule is CCOC(=O)CN(C)S(=O)(=O)c1ccc(Br)s1. The van der Waals surface area contributed by atoms with Crippen molar-refractivity contribution in [1.29, 1.82) is 0 Å². The molecule has 1 heterocycles. The van der Waals surface area contributed by atoms with Crippen LogP contribution in [0.2, 0.25) is 0 Å². The van der Waals surface area contributed by atoms with Crippen molar-refractivity contribution in [2.24, 2.45) is 0 Å². The molecule has 0 bridgehead atoms. The van der Waals surface area contributed by atoms with Crippen molar-refractivity contribution in [3.05, 3.63) is 15.9 Å². The Balaban J connectivity index is 2.81. The summed E-state index contributed by atoms with van der Waals surface area (Å²) in [6.45, 7) is 1.62. The minimum absolute atomic E-state index is 0.191. The Morgan fingerprint density at radius 2 is 2.18 bits per heavy atom. The maximum Gasteiger partial charge on any atom is 0.321 e. The van der Waals surface area contributed by atoms with Crippen molar-refractivity contribution < 1.29 is 17.9 Å². The summed E-state index contributed by atoms with van der Waals surface area (Å²) in [6.07, 6.45) is 0. The molecule has 1 aromatic rings. The van der Waals surface area contributed by atoms with E-state index in [9.17, 15) is 13.2 Å². The van der Waals surface area contributed by atoms with Gasteiger partial charge in [0.15, 0.2) is 0 Å². The number of carbonyl (C=O) groups is 1. The van der Waals surface area contributed by atoms with Gasteiger partial charge in [0.05, 0.1) is 10.4 Å². The van der Waals surface area contributed by atoms with E-state index in [4.69, 9.17) is 4.74 Å². The van der Waals surface area contributed by atoms with Crippen LogP contribution in [0.5, 0.6) is 0 Å². The molecular formula is C9H12BrNO4S2. The van der Waals surface area contributed by atoms with Crippen LogP contribution in [0.4, 0.5) is 0 Å². The monoisotopic (exact) mass is 341 g/mol. The number of carbonyl (C=O) groups excluding carboxylic acids is 1. The molecule has 0 radical (unpaired) electrons. The Hall–Kier alpha value is -0.440. The van der Waals surface area contributed by atoms with Gasteiger partial charge < -0.3 is 4.74 Å². The molecule has 0 N–H and O–H groups in total. The minimum atomic E-state index is -3.61. The van der Waals surface area contributed by atoms with Gasteiger partial charge in [0.1, 0.15) is 10.8 Å². The molecule has 0 spiro atoms. The van der Waals surface area contributed by atoms with Gasteiger partial charge in [-0.3, -0.25) is 4.79 Å². The zero-order valence-electron chi connectivity index (χ0n) is 9.34. The number of rotatable bonds is 5. The van der Waals surface area contributed by atoms with Crippen LogP contribution in [0.25, 0.3) is 0 Å². The van der Waals surface area contributed by atoms with E-state index in [2.05, 4.69) is 15.9 Å². The molecular weight excluding hydrogens is 330 g/mol. The van der Waals surface area contributed by atoms with Crippen molar-refractivity contribution in [2.45, 2.75) is 11.1 Å². The number of halogens is 1. The molecule has 0 saturated heterocycles. The lowest BCUT2D eigenvalue weighted by molar-refractivity contribution is -0.143. The first-order valence-corrected chi connectivity index (χ1v) is 7.80. The highest BCUT2D eigenvalue weighted by Gasteiger charge is 2.24. The molecule has 0 aromatic carbocycles. The second-order valence-corrected chi connectivity index (χ2v) is 7.86. The highest BCUT2D eigenvalue weighted by molar-refractivity contribution is 9.11. The van der Waals surface area contributed by atoms with E-state index < -0.39 is 16.0 Å². The summed E-state index contributed by atoms with van der Waals surface area (Å²) in [6, 6.07) is 3.14. The molecule has 1 rings (SSSR count). The number of likely N-dealkylation sites (N-methyl/N-ethyl adjacent to an activating group) is 1. The summed E-state index contributed by atoms with van der Waals surface area (Å²) in [7, 11) is -2.26. The Morgan fingerprint density at radius 1 is 1.53 bits per heavy atom. The van der Waals surface area contributed by atoms with E-state index in [1.54, 1.807) is 13.0 Å². The minimum Gasteiger partial charge on any atom is -0.465 e. The lowest BCUT2D eigenvalue weighted by Gasteiger charge is -2.14. The molecule has 5 nitrogen and oxygen atoms in total. The molecule has 8 heteroatoms. The third-order valence-electron chi connectivity index (χ3n) is 1.87. The van der Waals surface area contributed by atoms with Gasteiger partial charge in [-0.05, 0) is 35.0 Å². The average Bonchev–Trinajstić information content (AvgIpc) is 2.65. The van der Waals surface area contributed by atoms with Crippen molar-refractivity contribution in [1.82, 2.24) is 4.31 Å².